The van der Waals surface area contributed by atoms with Gasteiger partial charge in [-0.3, -0.25) is 19.2 Å². The Morgan fingerprint density at radius 3 is 1.71 bits per heavy atom. The molecule has 1 fully saturated rings. The second-order valence-corrected chi connectivity index (χ2v) is 9.15. The van der Waals surface area contributed by atoms with Crippen LogP contribution in [-0.2, 0) is 36.8 Å². The highest BCUT2D eigenvalue weighted by Crippen LogP contribution is 2.10. The number of carbonyl (C=O) groups is 5. The molecule has 0 aromatic heterocycles. The lowest BCUT2D eigenvalue weighted by Gasteiger charge is -2.25. The first-order valence-electron chi connectivity index (χ1n) is 12.4. The van der Waals surface area contributed by atoms with Gasteiger partial charge in [-0.05, 0) is 30.5 Å². The highest BCUT2D eigenvalue weighted by Gasteiger charge is 2.32. The summed E-state index contributed by atoms with van der Waals surface area (Å²) in [6, 6.07) is 13.5. The van der Waals surface area contributed by atoms with Crippen LogP contribution < -0.4 is 21.3 Å². The van der Waals surface area contributed by atoms with Gasteiger partial charge in [0, 0.05) is 12.8 Å². The van der Waals surface area contributed by atoms with Crippen LogP contribution in [0, 0.1) is 0 Å². The Labute approximate surface area is 220 Å². The van der Waals surface area contributed by atoms with E-state index in [1.54, 1.807) is 30.3 Å². The Hall–Kier alpha value is -4.25. The van der Waals surface area contributed by atoms with Crippen molar-refractivity contribution in [2.45, 2.75) is 56.3 Å². The van der Waals surface area contributed by atoms with Crippen molar-refractivity contribution >= 4 is 29.7 Å². The molecular formula is C27H32N4O7. The molecule has 202 valence electrons. The molecule has 0 saturated carbocycles. The van der Waals surface area contributed by atoms with E-state index in [1.807, 2.05) is 30.3 Å². The summed E-state index contributed by atoms with van der Waals surface area (Å²) < 4.78 is 0. The predicted molar refractivity (Wildman–Crippen MR) is 137 cm³/mol. The van der Waals surface area contributed by atoms with E-state index < -0.39 is 54.3 Å². The van der Waals surface area contributed by atoms with Crippen LogP contribution in [0.25, 0.3) is 0 Å². The van der Waals surface area contributed by atoms with Gasteiger partial charge in [0.2, 0.25) is 17.7 Å². The van der Waals surface area contributed by atoms with Crippen molar-refractivity contribution in [1.82, 2.24) is 21.3 Å². The zero-order valence-corrected chi connectivity index (χ0v) is 20.8. The van der Waals surface area contributed by atoms with E-state index in [2.05, 4.69) is 21.3 Å². The van der Waals surface area contributed by atoms with Crippen LogP contribution in [0.3, 0.4) is 0 Å². The van der Waals surface area contributed by atoms with Crippen molar-refractivity contribution in [3.05, 3.63) is 71.8 Å². The topological polar surface area (TPSA) is 174 Å². The summed E-state index contributed by atoms with van der Waals surface area (Å²) in [5, 5.41) is 29.1. The molecule has 4 unspecified atom stereocenters. The van der Waals surface area contributed by atoms with Crippen molar-refractivity contribution < 1.29 is 34.2 Å². The molecule has 0 radical (unpaired) electrons. The molecule has 1 heterocycles. The molecule has 1 aliphatic rings. The van der Waals surface area contributed by atoms with E-state index in [9.17, 15) is 29.1 Å². The van der Waals surface area contributed by atoms with Crippen molar-refractivity contribution in [3.8, 4) is 0 Å². The van der Waals surface area contributed by atoms with Crippen molar-refractivity contribution in [2.24, 2.45) is 0 Å². The second-order valence-electron chi connectivity index (χ2n) is 9.15. The zero-order chi connectivity index (χ0) is 27.5. The van der Waals surface area contributed by atoms with E-state index in [4.69, 9.17) is 5.11 Å². The normalized spacial score (nSPS) is 17.0. The first-order chi connectivity index (χ1) is 18.2. The smallest absolute Gasteiger partial charge is 0.326 e. The average Bonchev–Trinajstić information content (AvgIpc) is 3.44. The SMILES string of the molecule is O=C(O)CC(NC(=O)C(Cc1ccccc1)NC(=O)C(Cc1ccccc1)NC(=O)C1CCCN1)C(=O)O. The van der Waals surface area contributed by atoms with Crippen molar-refractivity contribution in [3.63, 3.8) is 0 Å². The fourth-order valence-corrected chi connectivity index (χ4v) is 4.22. The Bertz CT molecular complexity index is 1120. The summed E-state index contributed by atoms with van der Waals surface area (Å²) >= 11 is 0. The number of carbonyl (C=O) groups excluding carboxylic acids is 3. The lowest BCUT2D eigenvalue weighted by Crippen LogP contribution is -2.58. The van der Waals surface area contributed by atoms with Gasteiger partial charge >= 0.3 is 11.9 Å². The van der Waals surface area contributed by atoms with Gasteiger partial charge in [-0.25, -0.2) is 4.79 Å². The van der Waals surface area contributed by atoms with E-state index in [0.717, 1.165) is 12.0 Å². The van der Waals surface area contributed by atoms with Crippen LogP contribution in [0.4, 0.5) is 0 Å². The molecule has 11 nitrogen and oxygen atoms in total. The van der Waals surface area contributed by atoms with Crippen LogP contribution in [0.15, 0.2) is 60.7 Å². The summed E-state index contributed by atoms with van der Waals surface area (Å²) in [7, 11) is 0. The number of rotatable bonds is 13. The summed E-state index contributed by atoms with van der Waals surface area (Å²) in [4.78, 5) is 62.0. The van der Waals surface area contributed by atoms with Crippen LogP contribution in [-0.4, -0.2) is 70.6 Å². The molecule has 38 heavy (non-hydrogen) atoms. The third-order valence-corrected chi connectivity index (χ3v) is 6.20. The molecule has 1 aliphatic heterocycles. The number of hydrogen-bond acceptors (Lipinski definition) is 6. The van der Waals surface area contributed by atoms with Gasteiger partial charge in [0.05, 0.1) is 12.5 Å². The lowest BCUT2D eigenvalue weighted by atomic mass is 10.0. The van der Waals surface area contributed by atoms with Crippen molar-refractivity contribution in [1.29, 1.82) is 0 Å². The minimum Gasteiger partial charge on any atom is -0.481 e. The maximum atomic E-state index is 13.5. The summed E-state index contributed by atoms with van der Waals surface area (Å²) in [6.07, 6.45) is 0.850. The maximum Gasteiger partial charge on any atom is 0.326 e. The van der Waals surface area contributed by atoms with E-state index in [-0.39, 0.29) is 18.7 Å². The highest BCUT2D eigenvalue weighted by molar-refractivity contribution is 5.95. The molecule has 2 aromatic rings. The quantitative estimate of drug-likeness (QED) is 0.216. The van der Waals surface area contributed by atoms with E-state index in [0.29, 0.717) is 18.5 Å². The molecule has 0 spiro atoms. The lowest BCUT2D eigenvalue weighted by molar-refractivity contribution is -0.147. The van der Waals surface area contributed by atoms with Gasteiger partial charge < -0.3 is 31.5 Å². The fourth-order valence-electron chi connectivity index (χ4n) is 4.22. The number of aliphatic carboxylic acids is 2. The number of hydrogen-bond donors (Lipinski definition) is 6. The van der Waals surface area contributed by atoms with Crippen LogP contribution in [0.1, 0.15) is 30.4 Å². The molecular weight excluding hydrogens is 492 g/mol. The van der Waals surface area contributed by atoms with Gasteiger partial charge in [0.25, 0.3) is 0 Å². The van der Waals surface area contributed by atoms with Gasteiger partial charge in [0.1, 0.15) is 18.1 Å². The fraction of sp³-hybridized carbons (Fsp3) is 0.370. The zero-order valence-electron chi connectivity index (χ0n) is 20.8. The van der Waals surface area contributed by atoms with Gasteiger partial charge in [-0.1, -0.05) is 60.7 Å². The minimum absolute atomic E-state index is 0.0218. The molecule has 1 saturated heterocycles. The third-order valence-electron chi connectivity index (χ3n) is 6.20. The van der Waals surface area contributed by atoms with Gasteiger partial charge in [-0.2, -0.15) is 0 Å². The van der Waals surface area contributed by atoms with E-state index in [1.165, 1.54) is 0 Å². The first kappa shape index (κ1) is 28.3. The summed E-state index contributed by atoms with van der Waals surface area (Å²) in [5.41, 5.74) is 1.49. The van der Waals surface area contributed by atoms with Crippen LogP contribution >= 0.6 is 0 Å². The van der Waals surface area contributed by atoms with Crippen LogP contribution in [0.2, 0.25) is 0 Å². The van der Waals surface area contributed by atoms with Gasteiger partial charge in [0.15, 0.2) is 0 Å². The molecule has 3 amide bonds. The molecule has 3 rings (SSSR count). The number of carboxylic acid groups (broad SMARTS) is 2. The first-order valence-corrected chi connectivity index (χ1v) is 12.4. The Balaban J connectivity index is 1.81. The molecule has 6 N–H and O–H groups in total. The monoisotopic (exact) mass is 524 g/mol. The maximum absolute atomic E-state index is 13.5. The number of amides is 3. The predicted octanol–water partition coefficient (Wildman–Crippen LogP) is 0.238. The largest absolute Gasteiger partial charge is 0.481 e. The summed E-state index contributed by atoms with van der Waals surface area (Å²) in [6.45, 7) is 0.702. The number of carboxylic acids is 2. The highest BCUT2D eigenvalue weighted by atomic mass is 16.4. The van der Waals surface area contributed by atoms with Gasteiger partial charge in [-0.15, -0.1) is 0 Å². The summed E-state index contributed by atoms with van der Waals surface area (Å²) in [5.74, 6) is -4.70. The second kappa shape index (κ2) is 13.9. The molecule has 4 atom stereocenters. The molecule has 2 aromatic carbocycles. The standard InChI is InChI=1S/C27H32N4O7/c32-23(33)16-22(27(37)38)31-26(36)21(15-18-10-5-2-6-11-18)30-25(35)20(14-17-8-3-1-4-9-17)29-24(34)19-12-7-13-28-19/h1-6,8-11,19-22,28H,7,12-16H2,(H,29,34)(H,30,35)(H,31,36)(H,32,33)(H,37,38). The molecule has 0 bridgehead atoms. The minimum atomic E-state index is -1.68. The molecule has 11 heteroatoms. The Morgan fingerprint density at radius 2 is 1.26 bits per heavy atom. The number of nitrogens with one attached hydrogen (secondary N) is 4. The van der Waals surface area contributed by atoms with Crippen LogP contribution in [0.5, 0.6) is 0 Å². The molecule has 0 aliphatic carbocycles. The van der Waals surface area contributed by atoms with E-state index >= 15 is 0 Å². The average molecular weight is 525 g/mol. The third kappa shape index (κ3) is 8.70. The Kier molecular flexibility index (Phi) is 10.4. The Morgan fingerprint density at radius 1 is 0.763 bits per heavy atom. The number of benzene rings is 2. The van der Waals surface area contributed by atoms with Crippen molar-refractivity contribution in [2.75, 3.05) is 6.54 Å².